The molecule has 1 aromatic carbocycles. The first-order valence-electron chi connectivity index (χ1n) is 6.56. The molecule has 1 aromatic heterocycles. The average molecular weight is 333 g/mol. The van der Waals surface area contributed by atoms with E-state index >= 15 is 0 Å². The Balaban J connectivity index is 2.02. The zero-order valence-corrected chi connectivity index (χ0v) is 13.1. The number of hydrogen-bond acceptors (Lipinski definition) is 6. The molecule has 7 nitrogen and oxygen atoms in total. The van der Waals surface area contributed by atoms with Gasteiger partial charge < -0.3 is 15.2 Å². The van der Waals surface area contributed by atoms with Gasteiger partial charge in [0.2, 0.25) is 0 Å². The number of hydrazone groups is 1. The van der Waals surface area contributed by atoms with Crippen LogP contribution in [0.1, 0.15) is 10.4 Å². The first kappa shape index (κ1) is 16.5. The number of rotatable bonds is 6. The van der Waals surface area contributed by atoms with Gasteiger partial charge in [-0.15, -0.1) is 11.3 Å². The molecule has 0 aliphatic heterocycles. The molecule has 0 saturated heterocycles. The van der Waals surface area contributed by atoms with Crippen LogP contribution >= 0.6 is 11.3 Å². The molecule has 0 bridgehead atoms. The van der Waals surface area contributed by atoms with Gasteiger partial charge >= 0.3 is 11.8 Å². The molecule has 1 heterocycles. The third-order valence-electron chi connectivity index (χ3n) is 2.74. The number of hydrogen-bond donors (Lipinski definition) is 2. The predicted octanol–water partition coefficient (Wildman–Crippen LogP) is 1.27. The Morgan fingerprint density at radius 2 is 2.17 bits per heavy atom. The number of nitrogens with two attached hydrogens (primary N) is 1. The molecule has 0 atom stereocenters. The van der Waals surface area contributed by atoms with Crippen LogP contribution in [-0.2, 0) is 16.2 Å². The van der Waals surface area contributed by atoms with E-state index in [1.165, 1.54) is 13.3 Å². The Kier molecular flexibility index (Phi) is 5.70. The third kappa shape index (κ3) is 4.82. The number of nitrogens with zero attached hydrogens (tertiary/aromatic N) is 1. The molecule has 2 aromatic rings. The number of carbonyl (C=O) groups excluding carboxylic acids is 2. The maximum absolute atomic E-state index is 11.0. The van der Waals surface area contributed by atoms with Gasteiger partial charge in [-0.25, -0.2) is 5.43 Å². The molecule has 23 heavy (non-hydrogen) atoms. The minimum atomic E-state index is -1.10. The Morgan fingerprint density at radius 1 is 1.35 bits per heavy atom. The summed E-state index contributed by atoms with van der Waals surface area (Å²) in [7, 11) is 1.53. The van der Waals surface area contributed by atoms with Crippen molar-refractivity contribution in [2.24, 2.45) is 10.8 Å². The largest absolute Gasteiger partial charge is 0.493 e. The molecular weight excluding hydrogens is 318 g/mol. The standard InChI is InChI=1S/C15H15N3O4S/c1-21-13-7-10(8-17-18-15(20)14(16)19)4-5-12(13)22-9-11-3-2-6-23-11/h2-8H,9H2,1H3,(H2,16,19)(H,18,20)/b17-8-. The summed E-state index contributed by atoms with van der Waals surface area (Å²) in [6, 6.07) is 9.12. The first-order valence-corrected chi connectivity index (χ1v) is 7.44. The number of primary amides is 1. The second-order valence-corrected chi connectivity index (χ2v) is 5.37. The summed E-state index contributed by atoms with van der Waals surface area (Å²) in [4.78, 5) is 22.6. The lowest BCUT2D eigenvalue weighted by Gasteiger charge is -2.10. The summed E-state index contributed by atoms with van der Waals surface area (Å²) >= 11 is 1.61. The SMILES string of the molecule is COc1cc(/C=N\NC(=O)C(N)=O)ccc1OCc1cccs1. The number of ether oxygens (including phenoxy) is 2. The maximum atomic E-state index is 11.0. The monoisotopic (exact) mass is 333 g/mol. The highest BCUT2D eigenvalue weighted by atomic mass is 32.1. The van der Waals surface area contributed by atoms with E-state index < -0.39 is 11.8 Å². The van der Waals surface area contributed by atoms with Crippen LogP contribution < -0.4 is 20.6 Å². The van der Waals surface area contributed by atoms with Crippen molar-refractivity contribution in [3.63, 3.8) is 0 Å². The van der Waals surface area contributed by atoms with Gasteiger partial charge in [0.15, 0.2) is 11.5 Å². The van der Waals surface area contributed by atoms with Crippen LogP contribution in [-0.4, -0.2) is 25.1 Å². The van der Waals surface area contributed by atoms with Gasteiger partial charge in [-0.2, -0.15) is 5.10 Å². The normalized spacial score (nSPS) is 10.5. The molecular formula is C15H15N3O4S. The maximum Gasteiger partial charge on any atom is 0.329 e. The van der Waals surface area contributed by atoms with Crippen LogP contribution in [0, 0.1) is 0 Å². The summed E-state index contributed by atoms with van der Waals surface area (Å²) in [6.07, 6.45) is 1.37. The molecule has 0 aliphatic rings. The smallest absolute Gasteiger partial charge is 0.329 e. The fourth-order valence-electron chi connectivity index (χ4n) is 1.65. The lowest BCUT2D eigenvalue weighted by molar-refractivity contribution is -0.137. The van der Waals surface area contributed by atoms with Gasteiger partial charge in [-0.1, -0.05) is 6.07 Å². The Hall–Kier alpha value is -2.87. The fraction of sp³-hybridized carbons (Fsp3) is 0.133. The zero-order chi connectivity index (χ0) is 16.7. The Morgan fingerprint density at radius 3 is 2.83 bits per heavy atom. The third-order valence-corrected chi connectivity index (χ3v) is 3.59. The van der Waals surface area contributed by atoms with Gasteiger partial charge in [0.05, 0.1) is 13.3 Å². The number of thiophene rings is 1. The summed E-state index contributed by atoms with van der Waals surface area (Å²) in [5.41, 5.74) is 7.47. The van der Waals surface area contributed by atoms with Crippen LogP contribution in [0.5, 0.6) is 11.5 Å². The van der Waals surface area contributed by atoms with Crippen molar-refractivity contribution in [1.82, 2.24) is 5.43 Å². The predicted molar refractivity (Wildman–Crippen MR) is 86.6 cm³/mol. The average Bonchev–Trinajstić information content (AvgIpc) is 3.06. The van der Waals surface area contributed by atoms with Crippen molar-refractivity contribution in [3.05, 3.63) is 46.2 Å². The number of nitrogens with one attached hydrogen (secondary N) is 1. The van der Waals surface area contributed by atoms with Crippen molar-refractivity contribution in [2.75, 3.05) is 7.11 Å². The second-order valence-electron chi connectivity index (χ2n) is 4.34. The topological polar surface area (TPSA) is 103 Å². The molecule has 3 N–H and O–H groups in total. The quantitative estimate of drug-likeness (QED) is 0.472. The highest BCUT2D eigenvalue weighted by molar-refractivity contribution is 7.09. The van der Waals surface area contributed by atoms with E-state index in [-0.39, 0.29) is 0 Å². The second kappa shape index (κ2) is 7.95. The van der Waals surface area contributed by atoms with Gasteiger partial charge in [0, 0.05) is 4.88 Å². The molecule has 0 saturated carbocycles. The van der Waals surface area contributed by atoms with E-state index in [1.54, 1.807) is 29.5 Å². The fourth-order valence-corrected chi connectivity index (χ4v) is 2.26. The summed E-state index contributed by atoms with van der Waals surface area (Å²) in [6.45, 7) is 0.454. The zero-order valence-electron chi connectivity index (χ0n) is 12.3. The molecule has 0 aliphatic carbocycles. The molecule has 2 rings (SSSR count). The van der Waals surface area contributed by atoms with E-state index in [0.717, 1.165) is 4.88 Å². The van der Waals surface area contributed by atoms with E-state index in [4.69, 9.17) is 15.2 Å². The number of benzene rings is 1. The van der Waals surface area contributed by atoms with Gasteiger partial charge in [0.25, 0.3) is 0 Å². The lowest BCUT2D eigenvalue weighted by Crippen LogP contribution is -2.32. The van der Waals surface area contributed by atoms with Crippen LogP contribution in [0.25, 0.3) is 0 Å². The van der Waals surface area contributed by atoms with Crippen molar-refractivity contribution >= 4 is 29.4 Å². The summed E-state index contributed by atoms with van der Waals surface area (Å²) in [5.74, 6) is -0.952. The van der Waals surface area contributed by atoms with E-state index in [0.29, 0.717) is 23.7 Å². The van der Waals surface area contributed by atoms with Crippen molar-refractivity contribution < 1.29 is 19.1 Å². The first-order chi connectivity index (χ1) is 11.1. The van der Waals surface area contributed by atoms with Crippen molar-refractivity contribution in [2.45, 2.75) is 6.61 Å². The van der Waals surface area contributed by atoms with E-state index in [9.17, 15) is 9.59 Å². The van der Waals surface area contributed by atoms with E-state index in [2.05, 4.69) is 5.10 Å². The Labute approximate surface area is 136 Å². The highest BCUT2D eigenvalue weighted by Crippen LogP contribution is 2.28. The van der Waals surface area contributed by atoms with Crippen molar-refractivity contribution in [3.8, 4) is 11.5 Å². The summed E-state index contributed by atoms with van der Waals surface area (Å²) in [5, 5.41) is 5.62. The number of amides is 2. The molecule has 0 unspecified atom stereocenters. The molecule has 8 heteroatoms. The van der Waals surface area contributed by atoms with Gasteiger partial charge in [0.1, 0.15) is 6.61 Å². The van der Waals surface area contributed by atoms with Crippen LogP contribution in [0.3, 0.4) is 0 Å². The van der Waals surface area contributed by atoms with Gasteiger partial charge in [-0.3, -0.25) is 9.59 Å². The number of methoxy groups -OCH3 is 1. The van der Waals surface area contributed by atoms with E-state index in [1.807, 2.05) is 22.9 Å². The van der Waals surface area contributed by atoms with Crippen LogP contribution in [0.15, 0.2) is 40.8 Å². The van der Waals surface area contributed by atoms with Crippen LogP contribution in [0.2, 0.25) is 0 Å². The molecule has 0 spiro atoms. The minimum absolute atomic E-state index is 0.454. The van der Waals surface area contributed by atoms with Gasteiger partial charge in [-0.05, 0) is 35.2 Å². The summed E-state index contributed by atoms with van der Waals surface area (Å²) < 4.78 is 11.0. The molecule has 2 amide bonds. The Bertz CT molecular complexity index is 714. The highest BCUT2D eigenvalue weighted by Gasteiger charge is 2.07. The minimum Gasteiger partial charge on any atom is -0.493 e. The van der Waals surface area contributed by atoms with Crippen molar-refractivity contribution in [1.29, 1.82) is 0 Å². The van der Waals surface area contributed by atoms with Crippen LogP contribution in [0.4, 0.5) is 0 Å². The molecule has 0 radical (unpaired) electrons. The lowest BCUT2D eigenvalue weighted by atomic mass is 10.2. The molecule has 0 fully saturated rings. The molecule has 120 valence electrons. The number of carbonyl (C=O) groups is 2.